The van der Waals surface area contributed by atoms with Crippen LogP contribution in [0.2, 0.25) is 0 Å². The van der Waals surface area contributed by atoms with Gasteiger partial charge in [0.25, 0.3) is 0 Å². The van der Waals surface area contributed by atoms with E-state index in [4.69, 9.17) is 28.0 Å². The Hall–Kier alpha value is -1.09. The van der Waals surface area contributed by atoms with E-state index in [1.807, 2.05) is 0 Å². The number of halogens is 2. The normalized spacial score (nSPS) is 39.8. The lowest BCUT2D eigenvalue weighted by molar-refractivity contribution is -0.150. The van der Waals surface area contributed by atoms with Crippen molar-refractivity contribution in [2.75, 3.05) is 6.61 Å². The van der Waals surface area contributed by atoms with Gasteiger partial charge in [-0.1, -0.05) is 64.2 Å². The number of rotatable bonds is 13. The minimum absolute atomic E-state index is 0.0323. The van der Waals surface area contributed by atoms with Crippen molar-refractivity contribution in [2.24, 2.45) is 59.2 Å². The van der Waals surface area contributed by atoms with E-state index in [9.17, 15) is 24.6 Å². The van der Waals surface area contributed by atoms with Crippen molar-refractivity contribution in [2.45, 2.75) is 177 Å². The Morgan fingerprint density at radius 1 is 0.538 bits per heavy atom. The van der Waals surface area contributed by atoms with Crippen LogP contribution in [0.4, 0.5) is 0 Å². The number of alkyl halides is 2. The maximum Gasteiger partial charge on any atom is 0.307 e. The molecule has 6 aliphatic rings. The highest BCUT2D eigenvalue weighted by molar-refractivity contribution is 6.21. The Labute approximate surface area is 323 Å². The van der Waals surface area contributed by atoms with Crippen LogP contribution in [0.3, 0.4) is 0 Å². The molecule has 0 aromatic rings. The van der Waals surface area contributed by atoms with E-state index in [2.05, 4.69) is 10.8 Å². The van der Waals surface area contributed by atoms with Crippen molar-refractivity contribution in [1.82, 2.24) is 10.8 Å². The van der Waals surface area contributed by atoms with E-state index in [-0.39, 0.29) is 40.6 Å². The van der Waals surface area contributed by atoms with E-state index in [0.717, 1.165) is 82.5 Å². The molecule has 296 valence electrons. The van der Waals surface area contributed by atoms with E-state index in [0.29, 0.717) is 43.1 Å². The molecule has 6 aliphatic carbocycles. The number of nitrogens with one attached hydrogen (secondary N) is 2. The molecule has 0 spiro atoms. The molecule has 8 nitrogen and oxygen atoms in total. The second-order valence-corrected chi connectivity index (χ2v) is 19.5. The Kier molecular flexibility index (Phi) is 15.3. The fourth-order valence-corrected chi connectivity index (χ4v) is 12.7. The molecule has 0 bridgehead atoms. The molecule has 12 atom stereocenters. The van der Waals surface area contributed by atoms with Gasteiger partial charge in [-0.25, -0.2) is 0 Å². The highest BCUT2D eigenvalue weighted by Crippen LogP contribution is 2.44. The standard InChI is InChI=1S/C42H68Cl2N2O6/c43-36-23-30(13-17-38(36)45-40(47)35-22-29(12-16-34(35)42(50)51)20-27-9-5-2-6-10-27)31-14-18-39(37(44)24-31)46-52-25-32-21-28(11-15-33(32)41(48)49)19-26-7-3-1-4-8-26/h26-39,46H,1-25H2,(H,45,47)(H,48,49)(H,50,51). The molecule has 0 aromatic carbocycles. The number of hydroxylamine groups is 1. The maximum atomic E-state index is 13.7. The molecule has 12 unspecified atom stereocenters. The number of aliphatic carboxylic acids is 2. The molecule has 52 heavy (non-hydrogen) atoms. The lowest BCUT2D eigenvalue weighted by atomic mass is 9.69. The largest absolute Gasteiger partial charge is 0.481 e. The minimum atomic E-state index is -0.842. The van der Waals surface area contributed by atoms with Gasteiger partial charge in [0.05, 0.1) is 35.1 Å². The second kappa shape index (κ2) is 19.7. The summed E-state index contributed by atoms with van der Waals surface area (Å²) in [5.74, 6) is 0.474. The number of carbonyl (C=O) groups is 3. The Morgan fingerprint density at radius 3 is 1.60 bits per heavy atom. The van der Waals surface area contributed by atoms with Crippen molar-refractivity contribution >= 4 is 41.0 Å². The molecular formula is C42H68Cl2N2O6. The summed E-state index contributed by atoms with van der Waals surface area (Å²) >= 11 is 14.0. The molecule has 0 aromatic heterocycles. The molecule has 0 saturated heterocycles. The van der Waals surface area contributed by atoms with Gasteiger partial charge in [-0.2, -0.15) is 5.48 Å². The van der Waals surface area contributed by atoms with E-state index >= 15 is 0 Å². The third-order valence-corrected chi connectivity index (χ3v) is 15.9. The summed E-state index contributed by atoms with van der Waals surface area (Å²) in [6.45, 7) is 0.417. The second-order valence-electron chi connectivity index (χ2n) is 18.4. The summed E-state index contributed by atoms with van der Waals surface area (Å²) in [6, 6.07) is -0.0988. The number of carboxylic acid groups (broad SMARTS) is 2. The molecular weight excluding hydrogens is 699 g/mol. The molecule has 10 heteroatoms. The van der Waals surface area contributed by atoms with Crippen LogP contribution < -0.4 is 10.8 Å². The monoisotopic (exact) mass is 766 g/mol. The lowest BCUT2D eigenvalue weighted by Gasteiger charge is -2.42. The van der Waals surface area contributed by atoms with Crippen LogP contribution in [0.25, 0.3) is 0 Å². The van der Waals surface area contributed by atoms with Gasteiger partial charge in [-0.05, 0) is 131 Å². The van der Waals surface area contributed by atoms with Crippen molar-refractivity contribution < 1.29 is 29.4 Å². The molecule has 1 amide bonds. The van der Waals surface area contributed by atoms with Gasteiger partial charge in [-0.15, -0.1) is 23.2 Å². The zero-order valence-corrected chi connectivity index (χ0v) is 33.1. The topological polar surface area (TPSA) is 125 Å². The van der Waals surface area contributed by atoms with Crippen LogP contribution >= 0.6 is 23.2 Å². The summed E-state index contributed by atoms with van der Waals surface area (Å²) in [5, 5.41) is 22.9. The van der Waals surface area contributed by atoms with Crippen molar-refractivity contribution in [3.63, 3.8) is 0 Å². The van der Waals surface area contributed by atoms with Crippen molar-refractivity contribution in [3.05, 3.63) is 0 Å². The number of carboxylic acids is 2. The Bertz CT molecular complexity index is 1160. The summed E-state index contributed by atoms with van der Waals surface area (Å²) in [7, 11) is 0. The fourth-order valence-electron chi connectivity index (χ4n) is 11.9. The molecule has 0 aliphatic heterocycles. The van der Waals surface area contributed by atoms with Gasteiger partial charge in [0, 0.05) is 12.1 Å². The highest BCUT2D eigenvalue weighted by Gasteiger charge is 2.43. The van der Waals surface area contributed by atoms with Crippen LogP contribution in [-0.2, 0) is 19.2 Å². The van der Waals surface area contributed by atoms with Crippen molar-refractivity contribution in [3.8, 4) is 0 Å². The third kappa shape index (κ3) is 11.0. The zero-order chi connectivity index (χ0) is 36.6. The fraction of sp³-hybridized carbons (Fsp3) is 0.929. The molecule has 0 radical (unpaired) electrons. The lowest BCUT2D eigenvalue weighted by Crippen LogP contribution is -2.51. The first kappa shape index (κ1) is 40.6. The number of hydrogen-bond donors (Lipinski definition) is 4. The molecule has 6 rings (SSSR count). The Balaban J connectivity index is 0.924. The number of hydrogen-bond acceptors (Lipinski definition) is 5. The van der Waals surface area contributed by atoms with E-state index in [1.54, 1.807) is 0 Å². The SMILES string of the molecule is O=C(O)C1CCC(CC2CCCCC2)CC1CONC1CCC(C2CCC(NC(=O)C3CC(CC4CCCCC4)CCC3C(=O)O)C(Cl)C2)CC1Cl. The van der Waals surface area contributed by atoms with Gasteiger partial charge in [0.15, 0.2) is 0 Å². The predicted molar refractivity (Wildman–Crippen MR) is 205 cm³/mol. The van der Waals surface area contributed by atoms with E-state index < -0.39 is 23.8 Å². The number of carbonyl (C=O) groups excluding carboxylic acids is 1. The van der Waals surface area contributed by atoms with E-state index in [1.165, 1.54) is 70.6 Å². The first-order valence-electron chi connectivity index (χ1n) is 21.6. The van der Waals surface area contributed by atoms with Gasteiger partial charge in [0.2, 0.25) is 5.91 Å². The maximum absolute atomic E-state index is 13.7. The molecule has 6 saturated carbocycles. The average molecular weight is 768 g/mol. The van der Waals surface area contributed by atoms with Gasteiger partial charge in [0.1, 0.15) is 0 Å². The molecule has 4 N–H and O–H groups in total. The van der Waals surface area contributed by atoms with Crippen LogP contribution in [0.15, 0.2) is 0 Å². The van der Waals surface area contributed by atoms with Crippen molar-refractivity contribution in [1.29, 1.82) is 0 Å². The Morgan fingerprint density at radius 2 is 1.06 bits per heavy atom. The quantitative estimate of drug-likeness (QED) is 0.109. The third-order valence-electron chi connectivity index (χ3n) is 15.0. The summed E-state index contributed by atoms with van der Waals surface area (Å²) < 4.78 is 0. The smallest absolute Gasteiger partial charge is 0.307 e. The van der Waals surface area contributed by atoms with Gasteiger partial charge < -0.3 is 20.4 Å². The summed E-state index contributed by atoms with van der Waals surface area (Å²) in [6.07, 6.45) is 25.9. The molecule has 6 fully saturated rings. The molecule has 0 heterocycles. The van der Waals surface area contributed by atoms with Gasteiger partial charge >= 0.3 is 11.9 Å². The first-order chi connectivity index (χ1) is 25.1. The zero-order valence-electron chi connectivity index (χ0n) is 31.5. The van der Waals surface area contributed by atoms with Crippen LogP contribution in [0.1, 0.15) is 154 Å². The van der Waals surface area contributed by atoms with Crippen LogP contribution in [0, 0.1) is 59.2 Å². The predicted octanol–water partition coefficient (Wildman–Crippen LogP) is 9.35. The van der Waals surface area contributed by atoms with Gasteiger partial charge in [-0.3, -0.25) is 14.4 Å². The summed E-state index contributed by atoms with van der Waals surface area (Å²) in [5.41, 5.74) is 3.26. The number of amides is 1. The first-order valence-corrected chi connectivity index (χ1v) is 22.4. The van der Waals surface area contributed by atoms with Crippen LogP contribution in [0.5, 0.6) is 0 Å². The minimum Gasteiger partial charge on any atom is -0.481 e. The average Bonchev–Trinajstić information content (AvgIpc) is 3.14. The highest BCUT2D eigenvalue weighted by atomic mass is 35.5. The van der Waals surface area contributed by atoms with Crippen LogP contribution in [-0.4, -0.2) is 57.5 Å². The summed E-state index contributed by atoms with van der Waals surface area (Å²) in [4.78, 5) is 44.0.